The van der Waals surface area contributed by atoms with Crippen LogP contribution >= 0.6 is 0 Å². The average molecular weight is 436 g/mol. The molecule has 0 atom stereocenters. The molecule has 8 bridgehead atoms. The van der Waals surface area contributed by atoms with Crippen molar-refractivity contribution >= 4 is 23.5 Å². The Hall–Kier alpha value is -2.05. The highest BCUT2D eigenvalue weighted by atomic mass is 16.2. The molecule has 0 spiro atoms. The summed E-state index contributed by atoms with van der Waals surface area (Å²) >= 11 is 0. The topological polar surface area (TPSA) is 96.9 Å². The van der Waals surface area contributed by atoms with Gasteiger partial charge in [-0.25, -0.2) is 4.98 Å². The van der Waals surface area contributed by atoms with E-state index >= 15 is 0 Å². The quantitative estimate of drug-likeness (QED) is 0.739. The Labute approximate surface area is 188 Å². The lowest BCUT2D eigenvalue weighted by Crippen LogP contribution is -2.52. The van der Waals surface area contributed by atoms with Gasteiger partial charge < -0.3 is 10.6 Å². The van der Waals surface area contributed by atoms with Crippen molar-refractivity contribution in [3.63, 3.8) is 0 Å². The number of nitrogens with zero attached hydrogens (tertiary/aromatic N) is 3. The fourth-order valence-corrected chi connectivity index (χ4v) is 9.71. The number of aromatic nitrogens is 3. The van der Waals surface area contributed by atoms with Gasteiger partial charge in [-0.05, 0) is 113 Å². The molecule has 8 aliphatic carbocycles. The van der Waals surface area contributed by atoms with Gasteiger partial charge in [-0.2, -0.15) is 0 Å². The zero-order chi connectivity index (χ0) is 21.5. The Bertz CT molecular complexity index is 827. The normalized spacial score (nSPS) is 45.1. The van der Waals surface area contributed by atoms with Crippen molar-refractivity contribution in [3.05, 3.63) is 6.33 Å². The van der Waals surface area contributed by atoms with Gasteiger partial charge in [0.2, 0.25) is 11.8 Å². The van der Waals surface area contributed by atoms with E-state index in [0.717, 1.165) is 38.5 Å². The van der Waals surface area contributed by atoms with Crippen LogP contribution in [0.5, 0.6) is 0 Å². The highest BCUT2D eigenvalue weighted by molar-refractivity contribution is 6.01. The van der Waals surface area contributed by atoms with Gasteiger partial charge in [0.25, 0.3) is 0 Å². The third-order valence-electron chi connectivity index (χ3n) is 10.1. The molecular formula is C25H33N5O2. The van der Waals surface area contributed by atoms with Crippen LogP contribution in [0.1, 0.15) is 77.0 Å². The van der Waals surface area contributed by atoms with Gasteiger partial charge in [-0.1, -0.05) is 0 Å². The summed E-state index contributed by atoms with van der Waals surface area (Å²) in [5, 5.41) is 14.2. The molecule has 8 saturated carbocycles. The summed E-state index contributed by atoms with van der Waals surface area (Å²) in [5.41, 5.74) is -0.533. The monoisotopic (exact) mass is 435 g/mol. The fraction of sp³-hybridized carbons (Fsp3) is 0.800. The highest BCUT2D eigenvalue weighted by Crippen LogP contribution is 2.61. The van der Waals surface area contributed by atoms with Crippen LogP contribution in [0.4, 0.5) is 11.6 Å². The summed E-state index contributed by atoms with van der Waals surface area (Å²) in [7, 11) is 0. The van der Waals surface area contributed by atoms with E-state index in [1.54, 1.807) is 0 Å². The maximum Gasteiger partial charge on any atom is 0.231 e. The van der Waals surface area contributed by atoms with Crippen LogP contribution in [-0.4, -0.2) is 27.0 Å². The Balaban J connectivity index is 1.11. The maximum absolute atomic E-state index is 13.5. The Morgan fingerprint density at radius 2 is 1.03 bits per heavy atom. The average Bonchev–Trinajstić information content (AvgIpc) is 2.73. The Morgan fingerprint density at radius 1 is 0.656 bits per heavy atom. The Kier molecular flexibility index (Phi) is 4.09. The number of carbonyl (C=O) groups excluding carboxylic acids is 2. The van der Waals surface area contributed by atoms with E-state index in [9.17, 15) is 9.59 Å². The number of hydrogen-bond acceptors (Lipinski definition) is 5. The van der Waals surface area contributed by atoms with E-state index in [1.807, 2.05) is 0 Å². The van der Waals surface area contributed by atoms with Crippen LogP contribution < -0.4 is 10.6 Å². The van der Waals surface area contributed by atoms with E-state index in [-0.39, 0.29) is 22.6 Å². The van der Waals surface area contributed by atoms with Gasteiger partial charge in [0.1, 0.15) is 6.33 Å². The second kappa shape index (κ2) is 6.73. The number of hydrogen-bond donors (Lipinski definition) is 2. The molecule has 8 aliphatic rings. The van der Waals surface area contributed by atoms with E-state index in [1.165, 1.54) is 44.9 Å². The zero-order valence-electron chi connectivity index (χ0n) is 18.7. The number of anilines is 2. The number of carbonyl (C=O) groups is 2. The molecule has 7 nitrogen and oxygen atoms in total. The summed E-state index contributed by atoms with van der Waals surface area (Å²) in [6, 6.07) is 0. The second-order valence-electron chi connectivity index (χ2n) is 12.5. The molecule has 32 heavy (non-hydrogen) atoms. The third-order valence-corrected chi connectivity index (χ3v) is 10.1. The van der Waals surface area contributed by atoms with E-state index in [0.29, 0.717) is 47.1 Å². The molecule has 0 saturated heterocycles. The molecule has 8 fully saturated rings. The molecule has 1 aromatic rings. The first-order valence-corrected chi connectivity index (χ1v) is 12.8. The second-order valence-corrected chi connectivity index (χ2v) is 12.5. The van der Waals surface area contributed by atoms with Gasteiger partial charge in [0.15, 0.2) is 11.6 Å². The van der Waals surface area contributed by atoms with E-state index < -0.39 is 0 Å². The first-order valence-electron chi connectivity index (χ1n) is 12.8. The largest absolute Gasteiger partial charge is 0.307 e. The third kappa shape index (κ3) is 2.95. The van der Waals surface area contributed by atoms with Crippen LogP contribution in [-0.2, 0) is 9.59 Å². The smallest absolute Gasteiger partial charge is 0.231 e. The number of nitrogens with one attached hydrogen (secondary N) is 2. The molecule has 2 amide bonds. The Morgan fingerprint density at radius 3 is 1.44 bits per heavy atom. The highest BCUT2D eigenvalue weighted by Gasteiger charge is 2.56. The van der Waals surface area contributed by atoms with Gasteiger partial charge in [-0.15, -0.1) is 10.2 Å². The van der Waals surface area contributed by atoms with Gasteiger partial charge in [0, 0.05) is 0 Å². The van der Waals surface area contributed by atoms with Gasteiger partial charge in [0.05, 0.1) is 10.8 Å². The summed E-state index contributed by atoms with van der Waals surface area (Å²) in [4.78, 5) is 31.3. The first kappa shape index (κ1) is 19.4. The predicted molar refractivity (Wildman–Crippen MR) is 118 cm³/mol. The minimum atomic E-state index is -0.270. The van der Waals surface area contributed by atoms with Gasteiger partial charge in [-0.3, -0.25) is 9.59 Å². The lowest BCUT2D eigenvalue weighted by Gasteiger charge is -2.55. The molecule has 7 heteroatoms. The summed E-state index contributed by atoms with van der Waals surface area (Å²) < 4.78 is 0. The predicted octanol–water partition coefficient (Wildman–Crippen LogP) is 4.18. The van der Waals surface area contributed by atoms with Crippen molar-refractivity contribution in [1.29, 1.82) is 0 Å². The first-order chi connectivity index (χ1) is 15.5. The van der Waals surface area contributed by atoms with Crippen LogP contribution in [0.25, 0.3) is 0 Å². The molecule has 2 N–H and O–H groups in total. The van der Waals surface area contributed by atoms with Crippen LogP contribution in [0, 0.1) is 46.3 Å². The molecule has 0 radical (unpaired) electrons. The lowest BCUT2D eigenvalue weighted by molar-refractivity contribution is -0.141. The van der Waals surface area contributed by atoms with Crippen molar-refractivity contribution in [1.82, 2.24) is 15.2 Å². The molecule has 1 heterocycles. The number of rotatable bonds is 4. The van der Waals surface area contributed by atoms with E-state index in [4.69, 9.17) is 0 Å². The molecule has 0 aliphatic heterocycles. The minimum absolute atomic E-state index is 0.0594. The molecule has 1 aromatic heterocycles. The summed E-state index contributed by atoms with van der Waals surface area (Å²) in [6.07, 6.45) is 15.1. The molecule has 0 aromatic carbocycles. The van der Waals surface area contributed by atoms with Crippen LogP contribution in [0.3, 0.4) is 0 Å². The summed E-state index contributed by atoms with van der Waals surface area (Å²) in [5.74, 6) is 4.99. The maximum atomic E-state index is 13.5. The standard InChI is InChI=1S/C25H33N5O2/c31-22(24-7-14-1-15(8-24)3-16(2-14)9-24)28-20-21(30-27-13-26-20)29-23(32)25-10-17-4-18(11-25)6-19(5-17)12-25/h13-19H,1-12H2,(H,29,30,32)(H,26,27,28,31). The van der Waals surface area contributed by atoms with Crippen molar-refractivity contribution in [3.8, 4) is 0 Å². The fourth-order valence-electron chi connectivity index (χ4n) is 9.71. The molecule has 9 rings (SSSR count). The molecule has 170 valence electrons. The summed E-state index contributed by atoms with van der Waals surface area (Å²) in [6.45, 7) is 0. The minimum Gasteiger partial charge on any atom is -0.307 e. The number of amides is 2. The van der Waals surface area contributed by atoms with Gasteiger partial charge >= 0.3 is 0 Å². The molecule has 0 unspecified atom stereocenters. The van der Waals surface area contributed by atoms with E-state index in [2.05, 4.69) is 25.8 Å². The van der Waals surface area contributed by atoms with Crippen molar-refractivity contribution in [2.45, 2.75) is 77.0 Å². The van der Waals surface area contributed by atoms with Crippen LogP contribution in [0.15, 0.2) is 6.33 Å². The van der Waals surface area contributed by atoms with Crippen LogP contribution in [0.2, 0.25) is 0 Å². The van der Waals surface area contributed by atoms with Crippen molar-refractivity contribution in [2.75, 3.05) is 10.6 Å². The lowest BCUT2D eigenvalue weighted by atomic mass is 9.49. The zero-order valence-corrected chi connectivity index (χ0v) is 18.7. The van der Waals surface area contributed by atoms with Crippen molar-refractivity contribution in [2.24, 2.45) is 46.3 Å². The van der Waals surface area contributed by atoms with Crippen molar-refractivity contribution < 1.29 is 9.59 Å². The molecular weight excluding hydrogens is 402 g/mol. The SMILES string of the molecule is O=C(Nc1ncnnc1NC(=O)C12CC3CC(CC(C3)C1)C2)C12CC3CC(CC(C3)C1)C2.